The lowest BCUT2D eigenvalue weighted by Crippen LogP contribution is -2.26. The molecule has 1 aromatic carbocycles. The monoisotopic (exact) mass is 336 g/mol. The van der Waals surface area contributed by atoms with Gasteiger partial charge in [0.2, 0.25) is 0 Å². The summed E-state index contributed by atoms with van der Waals surface area (Å²) in [7, 11) is 1.74. The molecule has 0 radical (unpaired) electrons. The van der Waals surface area contributed by atoms with Crippen molar-refractivity contribution >= 4 is 5.91 Å². The highest BCUT2D eigenvalue weighted by atomic mass is 16.3. The van der Waals surface area contributed by atoms with Crippen LogP contribution in [0.2, 0.25) is 0 Å². The van der Waals surface area contributed by atoms with Crippen LogP contribution in [0.15, 0.2) is 53.1 Å². The van der Waals surface area contributed by atoms with Crippen LogP contribution in [0.3, 0.4) is 0 Å². The Morgan fingerprint density at radius 3 is 2.76 bits per heavy atom. The molecular weight excluding hydrogens is 316 g/mol. The molecule has 2 heterocycles. The van der Waals surface area contributed by atoms with Gasteiger partial charge in [0.05, 0.1) is 18.4 Å². The summed E-state index contributed by atoms with van der Waals surface area (Å²) in [5.41, 5.74) is 1.13. The van der Waals surface area contributed by atoms with Crippen LogP contribution in [-0.4, -0.2) is 32.8 Å². The molecule has 1 aliphatic rings. The number of carbonyl (C=O) groups is 1. The fourth-order valence-electron chi connectivity index (χ4n) is 2.95. The molecule has 0 spiro atoms. The van der Waals surface area contributed by atoms with Crippen LogP contribution in [0.1, 0.15) is 41.3 Å². The van der Waals surface area contributed by atoms with Gasteiger partial charge in [-0.1, -0.05) is 25.1 Å². The van der Waals surface area contributed by atoms with E-state index in [2.05, 4.69) is 17.1 Å². The molecule has 4 rings (SSSR count). The van der Waals surface area contributed by atoms with Gasteiger partial charge in [0.15, 0.2) is 5.69 Å². The number of rotatable bonds is 5. The molecule has 1 saturated carbocycles. The van der Waals surface area contributed by atoms with Crippen molar-refractivity contribution in [1.29, 1.82) is 0 Å². The van der Waals surface area contributed by atoms with Gasteiger partial charge < -0.3 is 9.32 Å². The predicted octanol–water partition coefficient (Wildman–Crippen LogP) is 3.26. The Hall–Kier alpha value is -2.89. The average molecular weight is 336 g/mol. The Bertz CT molecular complexity index is 884. The van der Waals surface area contributed by atoms with E-state index in [4.69, 9.17) is 4.42 Å². The van der Waals surface area contributed by atoms with E-state index in [1.165, 1.54) is 17.4 Å². The summed E-state index contributed by atoms with van der Waals surface area (Å²) in [4.78, 5) is 15.6. The topological polar surface area (TPSA) is 64.2 Å². The van der Waals surface area contributed by atoms with Crippen molar-refractivity contribution in [3.63, 3.8) is 0 Å². The first kappa shape index (κ1) is 15.6. The molecular formula is C19H20N4O2. The lowest BCUT2D eigenvalue weighted by Gasteiger charge is -2.13. The minimum Gasteiger partial charge on any atom is -0.464 e. The van der Waals surface area contributed by atoms with E-state index >= 15 is 0 Å². The second kappa shape index (κ2) is 6.20. The third-order valence-electron chi connectivity index (χ3n) is 4.60. The number of carbonyl (C=O) groups excluding carboxylic acids is 1. The summed E-state index contributed by atoms with van der Waals surface area (Å²) >= 11 is 0. The first-order chi connectivity index (χ1) is 12.1. The van der Waals surface area contributed by atoms with Gasteiger partial charge in [0, 0.05) is 13.0 Å². The van der Waals surface area contributed by atoms with E-state index in [0.717, 1.165) is 17.2 Å². The highest BCUT2D eigenvalue weighted by Gasteiger charge is 2.36. The minimum atomic E-state index is -0.181. The van der Waals surface area contributed by atoms with Crippen LogP contribution < -0.4 is 0 Å². The molecule has 3 aromatic rings. The van der Waals surface area contributed by atoms with E-state index in [0.29, 0.717) is 24.1 Å². The van der Waals surface area contributed by atoms with Gasteiger partial charge in [0.1, 0.15) is 11.5 Å². The molecule has 128 valence electrons. The van der Waals surface area contributed by atoms with Gasteiger partial charge in [0.25, 0.3) is 5.91 Å². The molecule has 0 bridgehead atoms. The van der Waals surface area contributed by atoms with E-state index in [1.54, 1.807) is 11.9 Å². The van der Waals surface area contributed by atoms with Crippen LogP contribution in [0, 0.1) is 5.92 Å². The van der Waals surface area contributed by atoms with Crippen molar-refractivity contribution in [1.82, 2.24) is 19.9 Å². The highest BCUT2D eigenvalue weighted by molar-refractivity contribution is 5.91. The van der Waals surface area contributed by atoms with E-state index < -0.39 is 0 Å². The molecule has 0 unspecified atom stereocenters. The van der Waals surface area contributed by atoms with Gasteiger partial charge >= 0.3 is 0 Å². The second-order valence-electron chi connectivity index (χ2n) is 6.64. The molecule has 1 aliphatic carbocycles. The van der Waals surface area contributed by atoms with Crippen molar-refractivity contribution in [2.45, 2.75) is 25.8 Å². The van der Waals surface area contributed by atoms with Crippen molar-refractivity contribution in [3.05, 3.63) is 65.9 Å². The smallest absolute Gasteiger partial charge is 0.276 e. The fourth-order valence-corrected chi connectivity index (χ4v) is 2.95. The summed E-state index contributed by atoms with van der Waals surface area (Å²) in [5.74, 6) is 2.88. The van der Waals surface area contributed by atoms with E-state index in [1.807, 2.05) is 42.5 Å². The van der Waals surface area contributed by atoms with Crippen LogP contribution in [0.25, 0.3) is 5.69 Å². The predicted molar refractivity (Wildman–Crippen MR) is 92.4 cm³/mol. The average Bonchev–Trinajstić information content (AvgIpc) is 3.05. The van der Waals surface area contributed by atoms with E-state index in [9.17, 15) is 4.79 Å². The zero-order valence-corrected chi connectivity index (χ0v) is 14.3. The number of nitrogens with zero attached hydrogens (tertiary/aromatic N) is 4. The molecule has 2 atom stereocenters. The Morgan fingerprint density at radius 2 is 2.04 bits per heavy atom. The number of benzene rings is 1. The van der Waals surface area contributed by atoms with Crippen molar-refractivity contribution < 1.29 is 9.21 Å². The Labute approximate surface area is 146 Å². The summed E-state index contributed by atoms with van der Waals surface area (Å²) in [5, 5.41) is 8.46. The molecule has 6 heteroatoms. The maximum absolute atomic E-state index is 12.6. The zero-order chi connectivity index (χ0) is 17.4. The van der Waals surface area contributed by atoms with Crippen molar-refractivity contribution in [3.8, 4) is 5.69 Å². The quantitative estimate of drug-likeness (QED) is 0.717. The fraction of sp³-hybridized carbons (Fsp3) is 0.316. The first-order valence-corrected chi connectivity index (χ1v) is 8.43. The van der Waals surface area contributed by atoms with Gasteiger partial charge in [-0.2, -0.15) is 9.90 Å². The normalized spacial score (nSPS) is 19.0. The highest BCUT2D eigenvalue weighted by Crippen LogP contribution is 2.47. The van der Waals surface area contributed by atoms with Gasteiger partial charge in [-0.25, -0.2) is 0 Å². The standard InChI is InChI=1S/C19H20N4O2/c1-13-10-16(13)18-9-8-15(25-18)12-22(2)19(24)17-11-20-23(21-17)14-6-4-3-5-7-14/h3-9,11,13,16H,10,12H2,1-2H3/t13-,16-/m1/s1. The van der Waals surface area contributed by atoms with Crippen molar-refractivity contribution in [2.24, 2.45) is 5.92 Å². The van der Waals surface area contributed by atoms with Gasteiger partial charge in [-0.15, -0.1) is 5.10 Å². The van der Waals surface area contributed by atoms with Gasteiger partial charge in [-0.05, 0) is 36.6 Å². The zero-order valence-electron chi connectivity index (χ0n) is 14.3. The van der Waals surface area contributed by atoms with E-state index in [-0.39, 0.29) is 5.91 Å². The lowest BCUT2D eigenvalue weighted by atomic mass is 10.3. The number of furan rings is 1. The summed E-state index contributed by atoms with van der Waals surface area (Å²) in [6, 6.07) is 13.5. The van der Waals surface area contributed by atoms with Crippen LogP contribution in [0.5, 0.6) is 0 Å². The molecule has 0 saturated heterocycles. The molecule has 2 aromatic heterocycles. The number of amides is 1. The summed E-state index contributed by atoms with van der Waals surface area (Å²) in [6.45, 7) is 2.64. The first-order valence-electron chi connectivity index (χ1n) is 8.43. The van der Waals surface area contributed by atoms with Crippen LogP contribution >= 0.6 is 0 Å². The lowest BCUT2D eigenvalue weighted by molar-refractivity contribution is 0.0768. The number of hydrogen-bond acceptors (Lipinski definition) is 4. The van der Waals surface area contributed by atoms with Gasteiger partial charge in [-0.3, -0.25) is 4.79 Å². The number of para-hydroxylation sites is 1. The number of aromatic nitrogens is 3. The third-order valence-corrected chi connectivity index (χ3v) is 4.60. The SMILES string of the molecule is C[C@@H]1C[C@H]1c1ccc(CN(C)C(=O)c2cnn(-c3ccccc3)n2)o1. The maximum atomic E-state index is 12.6. The third kappa shape index (κ3) is 3.20. The molecule has 0 N–H and O–H groups in total. The second-order valence-corrected chi connectivity index (χ2v) is 6.64. The van der Waals surface area contributed by atoms with Crippen molar-refractivity contribution in [2.75, 3.05) is 7.05 Å². The Morgan fingerprint density at radius 1 is 1.28 bits per heavy atom. The summed E-state index contributed by atoms with van der Waals surface area (Å²) in [6.07, 6.45) is 2.68. The number of hydrogen-bond donors (Lipinski definition) is 0. The molecule has 1 fully saturated rings. The molecule has 6 nitrogen and oxygen atoms in total. The molecule has 0 aliphatic heterocycles. The van der Waals surface area contributed by atoms with Crippen LogP contribution in [0.4, 0.5) is 0 Å². The van der Waals surface area contributed by atoms with Crippen LogP contribution in [-0.2, 0) is 6.54 Å². The minimum absolute atomic E-state index is 0.181. The molecule has 25 heavy (non-hydrogen) atoms. The summed E-state index contributed by atoms with van der Waals surface area (Å²) < 4.78 is 5.87. The Kier molecular flexibility index (Phi) is 3.87. The maximum Gasteiger partial charge on any atom is 0.276 e. The largest absolute Gasteiger partial charge is 0.464 e. The Balaban J connectivity index is 1.43. The molecule has 1 amide bonds.